The molecule has 0 aliphatic carbocycles. The number of hydrogen-bond donors (Lipinski definition) is 0. The highest BCUT2D eigenvalue weighted by Gasteiger charge is 2.36. The Morgan fingerprint density at radius 3 is 2.53 bits per heavy atom. The number of nitrogens with zero attached hydrogens (tertiary/aromatic N) is 1. The van der Waals surface area contributed by atoms with Crippen molar-refractivity contribution < 1.29 is 9.53 Å². The minimum Gasteiger partial charge on any atom is -0.368 e. The summed E-state index contributed by atoms with van der Waals surface area (Å²) >= 11 is 3.45. The maximum atomic E-state index is 12.4. The standard InChI is InChI=1S/C13H24BrNO2/c1-5-10(6-2)12(16)15-8-11(7-14)17-13(3,4)9-15/h10-11H,5-9H2,1-4H3. The monoisotopic (exact) mass is 305 g/mol. The van der Waals surface area contributed by atoms with Crippen molar-refractivity contribution >= 4 is 21.8 Å². The number of rotatable bonds is 4. The summed E-state index contributed by atoms with van der Waals surface area (Å²) in [6.07, 6.45) is 1.95. The van der Waals surface area contributed by atoms with E-state index in [1.54, 1.807) is 0 Å². The van der Waals surface area contributed by atoms with Crippen LogP contribution in [-0.2, 0) is 9.53 Å². The molecular formula is C13H24BrNO2. The fraction of sp³-hybridized carbons (Fsp3) is 0.923. The highest BCUT2D eigenvalue weighted by molar-refractivity contribution is 9.09. The Hall–Kier alpha value is -0.0900. The first-order chi connectivity index (χ1) is 7.93. The van der Waals surface area contributed by atoms with E-state index in [2.05, 4.69) is 43.6 Å². The Balaban J connectivity index is 2.72. The summed E-state index contributed by atoms with van der Waals surface area (Å²) in [4.78, 5) is 14.3. The fourth-order valence-corrected chi connectivity index (χ4v) is 2.78. The van der Waals surface area contributed by atoms with Crippen molar-refractivity contribution in [2.24, 2.45) is 5.92 Å². The second kappa shape index (κ2) is 6.19. The molecule has 17 heavy (non-hydrogen) atoms. The van der Waals surface area contributed by atoms with Gasteiger partial charge in [-0.3, -0.25) is 4.79 Å². The summed E-state index contributed by atoms with van der Waals surface area (Å²) in [5.41, 5.74) is -0.238. The normalized spacial score (nSPS) is 24.1. The molecule has 0 saturated carbocycles. The summed E-state index contributed by atoms with van der Waals surface area (Å²) in [6.45, 7) is 9.68. The van der Waals surface area contributed by atoms with Crippen LogP contribution in [0.25, 0.3) is 0 Å². The molecule has 0 aromatic rings. The van der Waals surface area contributed by atoms with Gasteiger partial charge in [0, 0.05) is 24.3 Å². The molecule has 0 radical (unpaired) electrons. The maximum Gasteiger partial charge on any atom is 0.225 e. The van der Waals surface area contributed by atoms with Crippen molar-refractivity contribution in [3.8, 4) is 0 Å². The zero-order valence-electron chi connectivity index (χ0n) is 11.3. The number of halogens is 1. The Morgan fingerprint density at radius 2 is 2.06 bits per heavy atom. The molecule has 1 aliphatic heterocycles. The maximum absolute atomic E-state index is 12.4. The summed E-state index contributed by atoms with van der Waals surface area (Å²) in [7, 11) is 0. The van der Waals surface area contributed by atoms with E-state index in [1.807, 2.05) is 4.90 Å². The van der Waals surface area contributed by atoms with Gasteiger partial charge in [0.1, 0.15) is 0 Å². The number of ether oxygens (including phenoxy) is 1. The summed E-state index contributed by atoms with van der Waals surface area (Å²) in [5, 5.41) is 0.781. The second-order valence-electron chi connectivity index (χ2n) is 5.39. The summed E-state index contributed by atoms with van der Waals surface area (Å²) in [5.74, 6) is 0.456. The molecule has 1 fully saturated rings. The van der Waals surface area contributed by atoms with Crippen LogP contribution in [0.4, 0.5) is 0 Å². The number of carbonyl (C=O) groups is 1. The molecule has 4 heteroatoms. The number of morpholine rings is 1. The molecule has 1 saturated heterocycles. The zero-order chi connectivity index (χ0) is 13.1. The van der Waals surface area contributed by atoms with Gasteiger partial charge in [-0.25, -0.2) is 0 Å². The lowest BCUT2D eigenvalue weighted by Crippen LogP contribution is -2.56. The first kappa shape index (κ1) is 15.0. The molecule has 100 valence electrons. The van der Waals surface area contributed by atoms with Crippen LogP contribution in [0.1, 0.15) is 40.5 Å². The molecule has 1 unspecified atom stereocenters. The minimum absolute atomic E-state index is 0.108. The van der Waals surface area contributed by atoms with Gasteiger partial charge in [-0.05, 0) is 26.7 Å². The molecule has 1 aliphatic rings. The topological polar surface area (TPSA) is 29.5 Å². The van der Waals surface area contributed by atoms with E-state index in [0.717, 1.165) is 18.2 Å². The lowest BCUT2D eigenvalue weighted by atomic mass is 9.98. The Bertz CT molecular complexity index is 264. The molecule has 1 heterocycles. The van der Waals surface area contributed by atoms with Crippen molar-refractivity contribution in [3.63, 3.8) is 0 Å². The molecule has 1 atom stereocenters. The smallest absolute Gasteiger partial charge is 0.225 e. The third-order valence-corrected chi connectivity index (χ3v) is 4.02. The fourth-order valence-electron chi connectivity index (χ4n) is 2.44. The molecular weight excluding hydrogens is 282 g/mol. The molecule has 0 aromatic heterocycles. The predicted molar refractivity (Wildman–Crippen MR) is 73.4 cm³/mol. The van der Waals surface area contributed by atoms with Crippen molar-refractivity contribution in [3.05, 3.63) is 0 Å². The number of carbonyl (C=O) groups excluding carboxylic acids is 1. The largest absolute Gasteiger partial charge is 0.368 e. The van der Waals surface area contributed by atoms with Crippen LogP contribution < -0.4 is 0 Å². The Kier molecular flexibility index (Phi) is 5.45. The zero-order valence-corrected chi connectivity index (χ0v) is 12.9. The van der Waals surface area contributed by atoms with Gasteiger partial charge in [-0.1, -0.05) is 29.8 Å². The first-order valence-electron chi connectivity index (χ1n) is 6.46. The van der Waals surface area contributed by atoms with E-state index >= 15 is 0 Å². The lowest BCUT2D eigenvalue weighted by molar-refractivity contribution is -0.160. The van der Waals surface area contributed by atoms with Gasteiger partial charge in [0.25, 0.3) is 0 Å². The van der Waals surface area contributed by atoms with Crippen LogP contribution >= 0.6 is 15.9 Å². The highest BCUT2D eigenvalue weighted by atomic mass is 79.9. The van der Waals surface area contributed by atoms with Crippen molar-refractivity contribution in [1.29, 1.82) is 0 Å². The molecule has 1 rings (SSSR count). The van der Waals surface area contributed by atoms with E-state index in [9.17, 15) is 4.79 Å². The lowest BCUT2D eigenvalue weighted by Gasteiger charge is -2.43. The van der Waals surface area contributed by atoms with E-state index in [-0.39, 0.29) is 23.5 Å². The number of alkyl halides is 1. The van der Waals surface area contributed by atoms with Gasteiger partial charge in [0.05, 0.1) is 11.7 Å². The third kappa shape index (κ3) is 3.95. The molecule has 3 nitrogen and oxygen atoms in total. The van der Waals surface area contributed by atoms with Gasteiger partial charge in [0.2, 0.25) is 5.91 Å². The van der Waals surface area contributed by atoms with Crippen LogP contribution in [0, 0.1) is 5.92 Å². The van der Waals surface area contributed by atoms with Gasteiger partial charge < -0.3 is 9.64 Å². The average Bonchev–Trinajstić information content (AvgIpc) is 2.28. The van der Waals surface area contributed by atoms with Crippen LogP contribution in [0.2, 0.25) is 0 Å². The summed E-state index contributed by atoms with van der Waals surface area (Å²) < 4.78 is 5.91. The van der Waals surface area contributed by atoms with Crippen LogP contribution in [0.3, 0.4) is 0 Å². The number of amides is 1. The Labute approximate surface area is 113 Å². The van der Waals surface area contributed by atoms with Gasteiger partial charge >= 0.3 is 0 Å². The molecule has 1 amide bonds. The van der Waals surface area contributed by atoms with E-state index < -0.39 is 0 Å². The molecule has 0 bridgehead atoms. The van der Waals surface area contributed by atoms with Crippen LogP contribution in [0.15, 0.2) is 0 Å². The van der Waals surface area contributed by atoms with Gasteiger partial charge in [-0.2, -0.15) is 0 Å². The number of hydrogen-bond acceptors (Lipinski definition) is 2. The molecule has 0 aromatic carbocycles. The molecule has 0 N–H and O–H groups in total. The highest BCUT2D eigenvalue weighted by Crippen LogP contribution is 2.24. The quantitative estimate of drug-likeness (QED) is 0.748. The average molecular weight is 306 g/mol. The van der Waals surface area contributed by atoms with Gasteiger partial charge in [0.15, 0.2) is 0 Å². The molecule has 0 spiro atoms. The van der Waals surface area contributed by atoms with Crippen molar-refractivity contribution in [2.45, 2.75) is 52.2 Å². The van der Waals surface area contributed by atoms with E-state index in [1.165, 1.54) is 0 Å². The van der Waals surface area contributed by atoms with Crippen LogP contribution in [0.5, 0.6) is 0 Å². The van der Waals surface area contributed by atoms with Gasteiger partial charge in [-0.15, -0.1) is 0 Å². The minimum atomic E-state index is -0.238. The van der Waals surface area contributed by atoms with Crippen LogP contribution in [-0.4, -0.2) is 40.9 Å². The van der Waals surface area contributed by atoms with Crippen molar-refractivity contribution in [1.82, 2.24) is 4.90 Å². The second-order valence-corrected chi connectivity index (χ2v) is 6.03. The Morgan fingerprint density at radius 1 is 1.47 bits per heavy atom. The summed E-state index contributed by atoms with van der Waals surface area (Å²) in [6, 6.07) is 0. The predicted octanol–water partition coefficient (Wildman–Crippen LogP) is 2.82. The SMILES string of the molecule is CCC(CC)C(=O)N1CC(CBr)OC(C)(C)C1. The van der Waals surface area contributed by atoms with E-state index in [0.29, 0.717) is 13.1 Å². The first-order valence-corrected chi connectivity index (χ1v) is 7.58. The van der Waals surface area contributed by atoms with Crippen molar-refractivity contribution in [2.75, 3.05) is 18.4 Å². The third-order valence-electron chi connectivity index (χ3n) is 3.30. The van der Waals surface area contributed by atoms with E-state index in [4.69, 9.17) is 4.74 Å².